The molecule has 5 nitrogen and oxygen atoms in total. The van der Waals surface area contributed by atoms with Crippen LogP contribution in [0.3, 0.4) is 0 Å². The summed E-state index contributed by atoms with van der Waals surface area (Å²) in [6.45, 7) is 1.81. The zero-order valence-electron chi connectivity index (χ0n) is 12.5. The van der Waals surface area contributed by atoms with E-state index in [1.54, 1.807) is 18.2 Å². The molecule has 1 aromatic heterocycles. The van der Waals surface area contributed by atoms with Gasteiger partial charge in [-0.15, -0.1) is 11.3 Å². The summed E-state index contributed by atoms with van der Waals surface area (Å²) in [4.78, 5) is 12.7. The van der Waals surface area contributed by atoms with Crippen LogP contribution in [0.15, 0.2) is 40.6 Å². The zero-order valence-corrected chi connectivity index (χ0v) is 14.1. The van der Waals surface area contributed by atoms with Crippen molar-refractivity contribution in [3.8, 4) is 0 Å². The molecule has 1 aromatic carbocycles. The molecule has 0 aliphatic heterocycles. The predicted molar refractivity (Wildman–Crippen MR) is 87.1 cm³/mol. The second-order valence-electron chi connectivity index (χ2n) is 4.80. The highest BCUT2D eigenvalue weighted by atomic mass is 32.2. The van der Waals surface area contributed by atoms with Gasteiger partial charge in [-0.2, -0.15) is 0 Å². The minimum Gasteiger partial charge on any atom is -0.351 e. The highest BCUT2D eigenvalue weighted by molar-refractivity contribution is 7.91. The Morgan fingerprint density at radius 1 is 1.17 bits per heavy atom. The van der Waals surface area contributed by atoms with Gasteiger partial charge in [-0.3, -0.25) is 4.79 Å². The minimum atomic E-state index is -3.68. The maximum atomic E-state index is 12.8. The summed E-state index contributed by atoms with van der Waals surface area (Å²) in [5.41, 5.74) is 0.730. The Labute approximate surface area is 138 Å². The summed E-state index contributed by atoms with van der Waals surface area (Å²) in [6, 6.07) is 8.99. The average molecular weight is 356 g/mol. The zero-order chi connectivity index (χ0) is 16.9. The maximum absolute atomic E-state index is 12.8. The molecule has 0 aliphatic rings. The maximum Gasteiger partial charge on any atom is 0.250 e. The van der Waals surface area contributed by atoms with E-state index in [1.165, 1.54) is 29.5 Å². The van der Waals surface area contributed by atoms with E-state index in [-0.39, 0.29) is 23.1 Å². The number of carbonyl (C=O) groups is 1. The lowest BCUT2D eigenvalue weighted by atomic mass is 10.2. The largest absolute Gasteiger partial charge is 0.351 e. The summed E-state index contributed by atoms with van der Waals surface area (Å²) in [5, 5.41) is 2.57. The van der Waals surface area contributed by atoms with Crippen molar-refractivity contribution in [1.29, 1.82) is 0 Å². The van der Waals surface area contributed by atoms with Crippen LogP contribution in [0.5, 0.6) is 0 Å². The topological polar surface area (TPSA) is 75.3 Å². The van der Waals surface area contributed by atoms with Gasteiger partial charge >= 0.3 is 0 Å². The fourth-order valence-corrected chi connectivity index (χ4v) is 4.11. The van der Waals surface area contributed by atoms with Crippen LogP contribution in [0.2, 0.25) is 0 Å². The van der Waals surface area contributed by atoms with Crippen molar-refractivity contribution < 1.29 is 17.6 Å². The van der Waals surface area contributed by atoms with Gasteiger partial charge in [0.1, 0.15) is 10.0 Å². The summed E-state index contributed by atoms with van der Waals surface area (Å²) in [7, 11) is -3.68. The molecular formula is C15H17FN2O3S2. The van der Waals surface area contributed by atoms with Gasteiger partial charge < -0.3 is 5.32 Å². The smallest absolute Gasteiger partial charge is 0.250 e. The summed E-state index contributed by atoms with van der Waals surface area (Å²) < 4.78 is 39.3. The Hall–Kier alpha value is -1.77. The molecule has 2 rings (SSSR count). The molecule has 0 radical (unpaired) electrons. The third kappa shape index (κ3) is 5.12. The van der Waals surface area contributed by atoms with Crippen LogP contribution < -0.4 is 10.0 Å². The molecule has 2 N–H and O–H groups in total. The van der Waals surface area contributed by atoms with Gasteiger partial charge in [0.2, 0.25) is 5.91 Å². The van der Waals surface area contributed by atoms with Crippen LogP contribution in [0, 0.1) is 5.82 Å². The molecule has 8 heteroatoms. The Bertz CT molecular complexity index is 770. The van der Waals surface area contributed by atoms with E-state index in [0.29, 0.717) is 0 Å². The van der Waals surface area contributed by atoms with E-state index in [0.717, 1.165) is 16.9 Å². The van der Waals surface area contributed by atoms with Crippen molar-refractivity contribution in [3.63, 3.8) is 0 Å². The Morgan fingerprint density at radius 3 is 2.48 bits per heavy atom. The van der Waals surface area contributed by atoms with Gasteiger partial charge in [0.15, 0.2) is 0 Å². The van der Waals surface area contributed by atoms with E-state index >= 15 is 0 Å². The molecule has 0 bridgehead atoms. The molecule has 0 spiro atoms. The van der Waals surface area contributed by atoms with Gasteiger partial charge in [-0.05, 0) is 36.2 Å². The molecule has 1 amide bonds. The molecule has 0 aliphatic carbocycles. The number of halogens is 1. The summed E-state index contributed by atoms with van der Waals surface area (Å²) >= 11 is 1.19. The number of nitrogens with one attached hydrogen (secondary N) is 2. The Kier molecular flexibility index (Phi) is 5.86. The van der Waals surface area contributed by atoms with Crippen LogP contribution in [-0.4, -0.2) is 20.9 Å². The Balaban J connectivity index is 1.84. The van der Waals surface area contributed by atoms with Crippen LogP contribution in [0.1, 0.15) is 17.4 Å². The Morgan fingerprint density at radius 2 is 1.87 bits per heavy atom. The SMILES string of the molecule is CCc1ccc(S(=O)(=O)NCC(=O)NCc2ccc(F)cc2)s1. The molecule has 0 saturated carbocycles. The number of hydrogen-bond acceptors (Lipinski definition) is 4. The first-order valence-corrected chi connectivity index (χ1v) is 9.30. The molecule has 1 heterocycles. The predicted octanol–water partition coefficient (Wildman–Crippen LogP) is 2.04. The highest BCUT2D eigenvalue weighted by Crippen LogP contribution is 2.21. The number of rotatable bonds is 7. The second kappa shape index (κ2) is 7.67. The molecule has 23 heavy (non-hydrogen) atoms. The van der Waals surface area contributed by atoms with Crippen molar-refractivity contribution in [2.24, 2.45) is 0 Å². The van der Waals surface area contributed by atoms with Gasteiger partial charge in [0.05, 0.1) is 6.54 Å². The molecule has 0 atom stereocenters. The highest BCUT2D eigenvalue weighted by Gasteiger charge is 2.17. The number of carbonyl (C=O) groups excluding carboxylic acids is 1. The van der Waals surface area contributed by atoms with Crippen LogP contribution in [0.4, 0.5) is 4.39 Å². The van der Waals surface area contributed by atoms with Gasteiger partial charge in [0, 0.05) is 11.4 Å². The van der Waals surface area contributed by atoms with E-state index in [4.69, 9.17) is 0 Å². The molecular weight excluding hydrogens is 339 g/mol. The van der Waals surface area contributed by atoms with E-state index in [2.05, 4.69) is 10.0 Å². The monoisotopic (exact) mass is 356 g/mol. The van der Waals surface area contributed by atoms with Crippen molar-refractivity contribution in [3.05, 3.63) is 52.7 Å². The molecule has 0 unspecified atom stereocenters. The van der Waals surface area contributed by atoms with Crippen molar-refractivity contribution >= 4 is 27.3 Å². The lowest BCUT2D eigenvalue weighted by Gasteiger charge is -2.07. The first-order chi connectivity index (χ1) is 10.9. The number of benzene rings is 1. The third-order valence-electron chi connectivity index (χ3n) is 3.08. The van der Waals surface area contributed by atoms with Crippen molar-refractivity contribution in [2.45, 2.75) is 24.1 Å². The van der Waals surface area contributed by atoms with Gasteiger partial charge in [0.25, 0.3) is 10.0 Å². The van der Waals surface area contributed by atoms with Gasteiger partial charge in [-0.25, -0.2) is 17.5 Å². The van der Waals surface area contributed by atoms with Crippen molar-refractivity contribution in [1.82, 2.24) is 10.0 Å². The lowest BCUT2D eigenvalue weighted by Crippen LogP contribution is -2.36. The summed E-state index contributed by atoms with van der Waals surface area (Å²) in [5.74, 6) is -0.805. The minimum absolute atomic E-state index is 0.195. The summed E-state index contributed by atoms with van der Waals surface area (Å²) in [6.07, 6.45) is 0.762. The third-order valence-corrected chi connectivity index (χ3v) is 6.20. The fourth-order valence-electron chi connectivity index (χ4n) is 1.79. The first kappa shape index (κ1) is 17.6. The quantitative estimate of drug-likeness (QED) is 0.797. The molecule has 124 valence electrons. The fraction of sp³-hybridized carbons (Fsp3) is 0.267. The molecule has 2 aromatic rings. The molecule has 0 fully saturated rings. The van der Waals surface area contributed by atoms with Crippen molar-refractivity contribution in [2.75, 3.05) is 6.54 Å². The number of sulfonamides is 1. The van der Waals surface area contributed by atoms with Crippen LogP contribution in [-0.2, 0) is 27.8 Å². The van der Waals surface area contributed by atoms with E-state index in [9.17, 15) is 17.6 Å². The van der Waals surface area contributed by atoms with Crippen LogP contribution in [0.25, 0.3) is 0 Å². The first-order valence-electron chi connectivity index (χ1n) is 7.00. The average Bonchev–Trinajstić information content (AvgIpc) is 3.02. The van der Waals surface area contributed by atoms with E-state index in [1.807, 2.05) is 6.92 Å². The number of amides is 1. The lowest BCUT2D eigenvalue weighted by molar-refractivity contribution is -0.120. The second-order valence-corrected chi connectivity index (χ2v) is 7.96. The molecule has 0 saturated heterocycles. The number of hydrogen-bond donors (Lipinski definition) is 2. The number of aryl methyl sites for hydroxylation is 1. The standard InChI is InChI=1S/C15H17FN2O3S2/c1-2-13-7-8-15(22-13)23(20,21)18-10-14(19)17-9-11-3-5-12(16)6-4-11/h3-8,18H,2,9-10H2,1H3,(H,17,19). The number of thiophene rings is 1. The van der Waals surface area contributed by atoms with Gasteiger partial charge in [-0.1, -0.05) is 19.1 Å². The van der Waals surface area contributed by atoms with E-state index < -0.39 is 15.9 Å². The van der Waals surface area contributed by atoms with Crippen LogP contribution >= 0.6 is 11.3 Å². The normalized spacial score (nSPS) is 11.4.